The number of carbonyl (C=O) groups is 2. The van der Waals surface area contributed by atoms with Gasteiger partial charge < -0.3 is 14.8 Å². The van der Waals surface area contributed by atoms with Gasteiger partial charge in [0.15, 0.2) is 6.10 Å². The summed E-state index contributed by atoms with van der Waals surface area (Å²) in [6.45, 7) is 3.75. The molecule has 0 aliphatic carbocycles. The van der Waals surface area contributed by atoms with E-state index in [9.17, 15) is 9.59 Å². The van der Waals surface area contributed by atoms with E-state index in [1.807, 2.05) is 61.5 Å². The number of nitrogens with one attached hydrogen (secondary N) is 1. The molecule has 2 aromatic rings. The topological polar surface area (TPSA) is 64.6 Å². The second-order valence-electron chi connectivity index (χ2n) is 6.54. The predicted molar refractivity (Wildman–Crippen MR) is 97.7 cm³/mol. The molecule has 26 heavy (non-hydrogen) atoms. The van der Waals surface area contributed by atoms with Gasteiger partial charge in [0.1, 0.15) is 12.4 Å². The third-order valence-electron chi connectivity index (χ3n) is 4.53. The molecule has 2 aromatic carbocycles. The minimum absolute atomic E-state index is 0.158. The number of amides is 1. The fraction of sp³-hybridized carbons (Fsp3) is 0.333. The molecular formula is C21H23NO4. The number of hydrogen-bond donors (Lipinski definition) is 1. The van der Waals surface area contributed by atoms with Crippen molar-refractivity contribution in [3.8, 4) is 5.75 Å². The molecule has 1 N–H and O–H groups in total. The minimum Gasteiger partial charge on any atom is -0.492 e. The van der Waals surface area contributed by atoms with Gasteiger partial charge in [-0.3, -0.25) is 9.59 Å². The number of fused-ring (bicyclic) bond motifs is 1. The van der Waals surface area contributed by atoms with Gasteiger partial charge in [0.2, 0.25) is 0 Å². The molecule has 5 nitrogen and oxygen atoms in total. The normalized spacial score (nSPS) is 18.0. The average Bonchev–Trinajstić information content (AvgIpc) is 2.68. The van der Waals surface area contributed by atoms with Gasteiger partial charge in [0.05, 0.1) is 12.0 Å². The molecule has 136 valence electrons. The summed E-state index contributed by atoms with van der Waals surface area (Å²) >= 11 is 0. The Labute approximate surface area is 153 Å². The Morgan fingerprint density at radius 3 is 2.54 bits per heavy atom. The van der Waals surface area contributed by atoms with E-state index < -0.39 is 18.0 Å². The highest BCUT2D eigenvalue weighted by Gasteiger charge is 2.30. The average molecular weight is 353 g/mol. The van der Waals surface area contributed by atoms with Crippen molar-refractivity contribution in [3.63, 3.8) is 0 Å². The minimum atomic E-state index is -0.856. The van der Waals surface area contributed by atoms with Crippen LogP contribution in [0.4, 0.5) is 0 Å². The number of hydrogen-bond acceptors (Lipinski definition) is 4. The zero-order chi connectivity index (χ0) is 18.5. The Balaban J connectivity index is 1.53. The van der Waals surface area contributed by atoms with Crippen LogP contribution in [0.2, 0.25) is 0 Å². The van der Waals surface area contributed by atoms with Crippen molar-refractivity contribution in [2.75, 3.05) is 6.61 Å². The van der Waals surface area contributed by atoms with E-state index in [1.165, 1.54) is 0 Å². The molecule has 1 aliphatic rings. The zero-order valence-electron chi connectivity index (χ0n) is 15.0. The van der Waals surface area contributed by atoms with Crippen molar-refractivity contribution >= 4 is 11.9 Å². The van der Waals surface area contributed by atoms with Crippen molar-refractivity contribution in [2.24, 2.45) is 5.92 Å². The van der Waals surface area contributed by atoms with E-state index in [-0.39, 0.29) is 18.6 Å². The molecule has 1 amide bonds. The number of carbonyl (C=O) groups excluding carboxylic acids is 2. The van der Waals surface area contributed by atoms with Crippen LogP contribution in [0.25, 0.3) is 0 Å². The maximum atomic E-state index is 12.4. The summed E-state index contributed by atoms with van der Waals surface area (Å²) < 4.78 is 11.0. The highest BCUT2D eigenvalue weighted by molar-refractivity contribution is 5.84. The van der Waals surface area contributed by atoms with Gasteiger partial charge in [-0.25, -0.2) is 0 Å². The van der Waals surface area contributed by atoms with Gasteiger partial charge in [-0.15, -0.1) is 0 Å². The van der Waals surface area contributed by atoms with Crippen molar-refractivity contribution < 1.29 is 19.1 Å². The maximum absolute atomic E-state index is 12.4. The number of ether oxygens (including phenoxy) is 2. The molecule has 0 fully saturated rings. The molecule has 0 saturated carbocycles. The summed E-state index contributed by atoms with van der Waals surface area (Å²) in [5, 5.41) is 2.87. The molecule has 3 rings (SSSR count). The third kappa shape index (κ3) is 4.23. The smallest absolute Gasteiger partial charge is 0.313 e. The van der Waals surface area contributed by atoms with Crippen LogP contribution in [-0.4, -0.2) is 24.6 Å². The molecule has 0 bridgehead atoms. The maximum Gasteiger partial charge on any atom is 0.313 e. The lowest BCUT2D eigenvalue weighted by atomic mass is 9.97. The van der Waals surface area contributed by atoms with E-state index in [2.05, 4.69) is 5.32 Å². The Bertz CT molecular complexity index is 775. The molecule has 1 heterocycles. The van der Waals surface area contributed by atoms with Crippen LogP contribution in [0.1, 0.15) is 31.0 Å². The first-order chi connectivity index (χ1) is 12.5. The van der Waals surface area contributed by atoms with Crippen molar-refractivity contribution in [2.45, 2.75) is 32.4 Å². The largest absolute Gasteiger partial charge is 0.492 e. The van der Waals surface area contributed by atoms with Crippen LogP contribution in [0.3, 0.4) is 0 Å². The van der Waals surface area contributed by atoms with Crippen molar-refractivity contribution in [1.29, 1.82) is 0 Å². The summed E-state index contributed by atoms with van der Waals surface area (Å²) in [5.74, 6) is -0.313. The van der Waals surface area contributed by atoms with Crippen LogP contribution in [0.15, 0.2) is 54.6 Å². The summed E-state index contributed by atoms with van der Waals surface area (Å²) in [4.78, 5) is 24.7. The molecule has 3 unspecified atom stereocenters. The lowest BCUT2D eigenvalue weighted by Crippen LogP contribution is -2.39. The van der Waals surface area contributed by atoms with Crippen LogP contribution < -0.4 is 10.1 Å². The molecule has 5 heteroatoms. The van der Waals surface area contributed by atoms with Gasteiger partial charge >= 0.3 is 5.97 Å². The van der Waals surface area contributed by atoms with Gasteiger partial charge in [0.25, 0.3) is 5.91 Å². The van der Waals surface area contributed by atoms with E-state index in [0.717, 1.165) is 16.9 Å². The monoisotopic (exact) mass is 353 g/mol. The first-order valence-electron chi connectivity index (χ1n) is 8.81. The standard InChI is InChI=1S/C21H23NO4/c1-14(16-8-4-3-5-9-16)22-20(23)15(2)26-21(24)18-12-17-10-6-7-11-19(17)25-13-18/h3-11,14-15,18H,12-13H2,1-2H3,(H,22,23). The van der Waals surface area contributed by atoms with Gasteiger partial charge in [-0.1, -0.05) is 48.5 Å². The van der Waals surface area contributed by atoms with Crippen LogP contribution in [0, 0.1) is 5.92 Å². The fourth-order valence-electron chi connectivity index (χ4n) is 2.96. The molecular weight excluding hydrogens is 330 g/mol. The van der Waals surface area contributed by atoms with Gasteiger partial charge in [-0.05, 0) is 37.5 Å². The first kappa shape index (κ1) is 18.0. The molecule has 1 aliphatic heterocycles. The summed E-state index contributed by atoms with van der Waals surface area (Å²) in [6, 6.07) is 17.1. The molecule has 0 aromatic heterocycles. The molecule has 0 spiro atoms. The number of esters is 1. The molecule has 0 radical (unpaired) electrons. The highest BCUT2D eigenvalue weighted by atomic mass is 16.6. The Hall–Kier alpha value is -2.82. The number of para-hydroxylation sites is 1. The van der Waals surface area contributed by atoms with Crippen LogP contribution in [-0.2, 0) is 20.7 Å². The lowest BCUT2D eigenvalue weighted by Gasteiger charge is -2.25. The second-order valence-corrected chi connectivity index (χ2v) is 6.54. The van der Waals surface area contributed by atoms with E-state index >= 15 is 0 Å². The number of rotatable bonds is 5. The highest BCUT2D eigenvalue weighted by Crippen LogP contribution is 2.27. The fourth-order valence-corrected chi connectivity index (χ4v) is 2.96. The summed E-state index contributed by atoms with van der Waals surface area (Å²) in [5.41, 5.74) is 1.98. The van der Waals surface area contributed by atoms with Crippen LogP contribution in [0.5, 0.6) is 5.75 Å². The SMILES string of the molecule is CC(OC(=O)C1COc2ccccc2C1)C(=O)NC(C)c1ccccc1. The van der Waals surface area contributed by atoms with Crippen molar-refractivity contribution in [3.05, 3.63) is 65.7 Å². The molecule has 0 saturated heterocycles. The second kappa shape index (κ2) is 8.04. The van der Waals surface area contributed by atoms with E-state index in [4.69, 9.17) is 9.47 Å². The van der Waals surface area contributed by atoms with E-state index in [0.29, 0.717) is 6.42 Å². The quantitative estimate of drug-likeness (QED) is 0.839. The number of benzene rings is 2. The van der Waals surface area contributed by atoms with Gasteiger partial charge in [0, 0.05) is 0 Å². The Kier molecular flexibility index (Phi) is 5.56. The zero-order valence-corrected chi connectivity index (χ0v) is 15.0. The summed E-state index contributed by atoms with van der Waals surface area (Å²) in [6.07, 6.45) is -0.296. The lowest BCUT2D eigenvalue weighted by molar-refractivity contribution is -0.160. The van der Waals surface area contributed by atoms with Gasteiger partial charge in [-0.2, -0.15) is 0 Å². The Morgan fingerprint density at radius 1 is 1.08 bits per heavy atom. The first-order valence-corrected chi connectivity index (χ1v) is 8.81. The third-order valence-corrected chi connectivity index (χ3v) is 4.53. The van der Waals surface area contributed by atoms with E-state index in [1.54, 1.807) is 6.92 Å². The predicted octanol–water partition coefficient (Wildman–Crippen LogP) is 3.05. The van der Waals surface area contributed by atoms with Crippen LogP contribution >= 0.6 is 0 Å². The van der Waals surface area contributed by atoms with Crippen molar-refractivity contribution in [1.82, 2.24) is 5.32 Å². The summed E-state index contributed by atoms with van der Waals surface area (Å²) in [7, 11) is 0. The molecule has 3 atom stereocenters. The Morgan fingerprint density at radius 2 is 1.77 bits per heavy atom.